The normalized spacial score (nSPS) is 27.4. The van der Waals surface area contributed by atoms with Crippen LogP contribution in [0.2, 0.25) is 0 Å². The van der Waals surface area contributed by atoms with Gasteiger partial charge in [0.05, 0.1) is 8.88 Å². The average Bonchev–Trinajstić information content (AvgIpc) is 3.59. The fourth-order valence-electron chi connectivity index (χ4n) is 3.72. The molecule has 0 nitrogen and oxygen atoms in total. The summed E-state index contributed by atoms with van der Waals surface area (Å²) in [5.74, 6) is 3.78. The molecule has 0 unspecified atom stereocenters. The first kappa shape index (κ1) is 25.7. The Kier molecular flexibility index (Phi) is 8.82. The van der Waals surface area contributed by atoms with Crippen molar-refractivity contribution >= 4 is 78.0 Å². The van der Waals surface area contributed by atoms with Gasteiger partial charge >= 0.3 is 0 Å². The third-order valence-corrected chi connectivity index (χ3v) is 27.6. The number of hydrogen-bond donors (Lipinski definition) is 0. The SMILES string of the molecule is S=P1(C2=C[CH]C=C2)SCc2cccc(c2)CSP(=S)(C2=C[CH]C=C2)SCc2cccc(c2)CS1. The fourth-order valence-corrected chi connectivity index (χ4v) is 20.9. The lowest BCUT2D eigenvalue weighted by Crippen LogP contribution is -1.89. The summed E-state index contributed by atoms with van der Waals surface area (Å²) in [6.07, 6.45) is 17.4. The minimum absolute atomic E-state index is 0.944. The van der Waals surface area contributed by atoms with Crippen LogP contribution in [-0.2, 0) is 46.6 Å². The molecule has 3 aliphatic rings. The van der Waals surface area contributed by atoms with Crippen molar-refractivity contribution in [1.29, 1.82) is 0 Å². The van der Waals surface area contributed by atoms with Gasteiger partial charge in [0.1, 0.15) is 0 Å². The molecule has 4 bridgehead atoms. The summed E-state index contributed by atoms with van der Waals surface area (Å²) in [6.45, 7) is 0. The van der Waals surface area contributed by atoms with E-state index in [-0.39, 0.29) is 0 Å². The van der Waals surface area contributed by atoms with Gasteiger partial charge in [-0.05, 0) is 22.3 Å². The van der Waals surface area contributed by atoms with Crippen LogP contribution in [0.1, 0.15) is 22.3 Å². The molecule has 0 amide bonds. The summed E-state index contributed by atoms with van der Waals surface area (Å²) in [4.78, 5) is 0. The van der Waals surface area contributed by atoms with Crippen molar-refractivity contribution in [2.24, 2.45) is 0 Å². The van der Waals surface area contributed by atoms with Gasteiger partial charge in [-0.15, -0.1) is 45.5 Å². The molecule has 0 fully saturated rings. The van der Waals surface area contributed by atoms with Crippen molar-refractivity contribution in [2.75, 3.05) is 0 Å². The highest BCUT2D eigenvalue weighted by molar-refractivity contribution is 9.01. The van der Waals surface area contributed by atoms with Gasteiger partial charge in [-0.1, -0.05) is 109 Å². The summed E-state index contributed by atoms with van der Waals surface area (Å²) in [7, 11) is 0. The first-order valence-corrected chi connectivity index (χ1v) is 22.9. The number of fused-ring (bicyclic) bond motifs is 4. The van der Waals surface area contributed by atoms with Crippen LogP contribution in [0.15, 0.2) is 95.6 Å². The molecule has 8 heteroatoms. The van der Waals surface area contributed by atoms with E-state index in [1.807, 2.05) is 45.5 Å². The van der Waals surface area contributed by atoms with Gasteiger partial charge in [0.15, 0.2) is 0 Å². The largest absolute Gasteiger partial charge is 0.105 e. The van der Waals surface area contributed by atoms with E-state index < -0.39 is 8.88 Å². The minimum atomic E-state index is -1.80. The Bertz CT molecular complexity index is 1140. The summed E-state index contributed by atoms with van der Waals surface area (Å²) >= 11 is 20.6. The van der Waals surface area contributed by atoms with E-state index in [1.165, 1.54) is 32.9 Å². The van der Waals surface area contributed by atoms with Crippen molar-refractivity contribution in [3.8, 4) is 0 Å². The Morgan fingerprint density at radius 3 is 1.21 bits per heavy atom. The lowest BCUT2D eigenvalue weighted by molar-refractivity contribution is 1.34. The van der Waals surface area contributed by atoms with E-state index in [4.69, 9.17) is 23.6 Å². The number of allylic oxidation sites excluding steroid dienone is 8. The lowest BCUT2D eigenvalue weighted by atomic mass is 10.2. The second kappa shape index (κ2) is 11.7. The maximum Gasteiger partial charge on any atom is 0.0853 e. The zero-order chi connectivity index (χ0) is 23.4. The van der Waals surface area contributed by atoms with Crippen LogP contribution in [-0.4, -0.2) is 0 Å². The molecule has 5 rings (SSSR count). The highest BCUT2D eigenvalue weighted by atomic mass is 33.2. The Hall–Kier alpha value is 0.1000. The van der Waals surface area contributed by atoms with E-state index in [0.29, 0.717) is 0 Å². The Morgan fingerprint density at radius 2 is 0.912 bits per heavy atom. The molecular weight excluding hydrogens is 567 g/mol. The smallest absolute Gasteiger partial charge is 0.0853 e. The maximum absolute atomic E-state index is 6.37. The van der Waals surface area contributed by atoms with Crippen molar-refractivity contribution in [3.63, 3.8) is 0 Å². The Morgan fingerprint density at radius 1 is 0.559 bits per heavy atom. The molecule has 1 heterocycles. The molecule has 34 heavy (non-hydrogen) atoms. The molecule has 1 aliphatic heterocycles. The van der Waals surface area contributed by atoms with Crippen LogP contribution in [0.4, 0.5) is 0 Å². The Labute approximate surface area is 230 Å². The molecule has 0 saturated heterocycles. The topological polar surface area (TPSA) is 0 Å². The molecular formula is C26H24P2S6. The minimum Gasteiger partial charge on any atom is -0.105 e. The van der Waals surface area contributed by atoms with Gasteiger partial charge in [0.25, 0.3) is 0 Å². The van der Waals surface area contributed by atoms with Crippen LogP contribution in [0.5, 0.6) is 0 Å². The van der Waals surface area contributed by atoms with Crippen molar-refractivity contribution in [2.45, 2.75) is 23.0 Å². The molecule has 2 aromatic carbocycles. The molecule has 174 valence electrons. The van der Waals surface area contributed by atoms with Crippen molar-refractivity contribution < 1.29 is 0 Å². The van der Waals surface area contributed by atoms with E-state index in [1.54, 1.807) is 0 Å². The highest BCUT2D eigenvalue weighted by Gasteiger charge is 2.26. The monoisotopic (exact) mass is 590 g/mol. The lowest BCUT2D eigenvalue weighted by Gasteiger charge is -2.23. The fraction of sp³-hybridized carbons (Fsp3) is 0.154. The van der Waals surface area contributed by atoms with Gasteiger partial charge in [0, 0.05) is 46.5 Å². The predicted molar refractivity (Wildman–Crippen MR) is 170 cm³/mol. The molecule has 2 aromatic rings. The first-order chi connectivity index (χ1) is 16.5. The molecule has 0 N–H and O–H groups in total. The molecule has 2 aliphatic carbocycles. The molecule has 0 saturated carbocycles. The maximum atomic E-state index is 6.37. The van der Waals surface area contributed by atoms with Crippen LogP contribution < -0.4 is 0 Å². The zero-order valence-corrected chi connectivity index (χ0v) is 25.1. The molecule has 0 spiro atoms. The number of benzene rings is 2. The van der Waals surface area contributed by atoms with E-state index in [9.17, 15) is 0 Å². The summed E-state index contributed by atoms with van der Waals surface area (Å²) in [5, 5.41) is 2.65. The molecule has 2 radical (unpaired) electrons. The van der Waals surface area contributed by atoms with Crippen LogP contribution in [0, 0.1) is 12.8 Å². The predicted octanol–water partition coefficient (Wildman–Crippen LogP) is 10.3. The van der Waals surface area contributed by atoms with Gasteiger partial charge in [0.2, 0.25) is 0 Å². The second-order valence-corrected chi connectivity index (χ2v) is 30.3. The highest BCUT2D eigenvalue weighted by Crippen LogP contribution is 2.78. The van der Waals surface area contributed by atoms with Crippen LogP contribution in [0.3, 0.4) is 0 Å². The average molecular weight is 591 g/mol. The van der Waals surface area contributed by atoms with Gasteiger partial charge in [-0.25, -0.2) is 0 Å². The second-order valence-electron chi connectivity index (χ2n) is 8.01. The summed E-state index contributed by atoms with van der Waals surface area (Å²) in [6, 6.07) is 18.1. The third-order valence-electron chi connectivity index (χ3n) is 5.51. The summed E-state index contributed by atoms with van der Waals surface area (Å²) < 4.78 is -3.61. The van der Waals surface area contributed by atoms with Crippen LogP contribution in [0.25, 0.3) is 0 Å². The van der Waals surface area contributed by atoms with E-state index >= 15 is 0 Å². The van der Waals surface area contributed by atoms with Crippen LogP contribution >= 0.6 is 54.4 Å². The molecule has 0 aromatic heterocycles. The van der Waals surface area contributed by atoms with Gasteiger partial charge in [-0.2, -0.15) is 0 Å². The van der Waals surface area contributed by atoms with Crippen molar-refractivity contribution in [3.05, 3.63) is 131 Å². The number of rotatable bonds is 2. The summed E-state index contributed by atoms with van der Waals surface area (Å²) in [5.41, 5.74) is 5.42. The van der Waals surface area contributed by atoms with E-state index in [2.05, 4.69) is 97.8 Å². The van der Waals surface area contributed by atoms with Gasteiger partial charge in [-0.3, -0.25) is 0 Å². The van der Waals surface area contributed by atoms with E-state index in [0.717, 1.165) is 23.0 Å². The first-order valence-electron chi connectivity index (χ1n) is 10.9. The molecule has 0 atom stereocenters. The quantitative estimate of drug-likeness (QED) is 0.317. The zero-order valence-electron chi connectivity index (χ0n) is 18.4. The van der Waals surface area contributed by atoms with Crippen molar-refractivity contribution in [1.82, 2.24) is 0 Å². The van der Waals surface area contributed by atoms with Gasteiger partial charge < -0.3 is 0 Å². The standard InChI is InChI=1S/C26H24P2S6/c29-27(25-11-1-2-12-25)31-17-21-7-5-9-23(15-21)19-33-28(30,26-13-3-4-14-26)34-20-24-10-6-8-22(16-24)18-32-27/h1-16H,17-20H2. The third kappa shape index (κ3) is 6.32. The Balaban J connectivity index is 1.47. The number of hydrogen-bond acceptors (Lipinski definition) is 6.